The maximum absolute atomic E-state index is 11.1. The molecule has 1 aliphatic rings. The van der Waals surface area contributed by atoms with E-state index in [1.165, 1.54) is 0 Å². The molecule has 1 rings (SSSR count). The molecule has 1 unspecified atom stereocenters. The van der Waals surface area contributed by atoms with Gasteiger partial charge in [0, 0.05) is 0 Å². The van der Waals surface area contributed by atoms with Crippen LogP contribution in [0.25, 0.3) is 0 Å². The molecule has 7 nitrogen and oxygen atoms in total. The lowest BCUT2D eigenvalue weighted by Crippen LogP contribution is -2.35. The summed E-state index contributed by atoms with van der Waals surface area (Å²) in [5.41, 5.74) is 4.67. The van der Waals surface area contributed by atoms with Crippen molar-refractivity contribution in [3.63, 3.8) is 0 Å². The molecule has 0 spiro atoms. The fourth-order valence-corrected chi connectivity index (χ4v) is 1.14. The van der Waals surface area contributed by atoms with Crippen LogP contribution in [0.3, 0.4) is 0 Å². The van der Waals surface area contributed by atoms with Crippen molar-refractivity contribution < 1.29 is 24.2 Å². The van der Waals surface area contributed by atoms with E-state index >= 15 is 0 Å². The number of aliphatic hydroxyl groups is 1. The first-order chi connectivity index (χ1) is 6.52. The van der Waals surface area contributed by atoms with Gasteiger partial charge in [-0.25, -0.2) is 4.79 Å². The summed E-state index contributed by atoms with van der Waals surface area (Å²) in [5.74, 6) is -1.14. The molecule has 14 heavy (non-hydrogen) atoms. The van der Waals surface area contributed by atoms with Gasteiger partial charge >= 0.3 is 6.09 Å². The van der Waals surface area contributed by atoms with E-state index in [1.54, 1.807) is 0 Å². The average Bonchev–Trinajstić information content (AvgIpc) is 2.31. The van der Waals surface area contributed by atoms with Crippen molar-refractivity contribution in [1.82, 2.24) is 4.90 Å². The van der Waals surface area contributed by atoms with Crippen LogP contribution >= 0.6 is 0 Å². The highest BCUT2D eigenvalue weighted by molar-refractivity contribution is 6.04. The van der Waals surface area contributed by atoms with E-state index < -0.39 is 24.0 Å². The third kappa shape index (κ3) is 2.19. The molecule has 0 bridgehead atoms. The maximum Gasteiger partial charge on any atom is 0.404 e. The molecule has 1 atom stereocenters. The molecule has 0 radical (unpaired) electrons. The van der Waals surface area contributed by atoms with Crippen LogP contribution in [-0.2, 0) is 14.3 Å². The van der Waals surface area contributed by atoms with Crippen molar-refractivity contribution >= 4 is 17.9 Å². The van der Waals surface area contributed by atoms with Gasteiger partial charge < -0.3 is 15.6 Å². The Kier molecular flexibility index (Phi) is 3.03. The molecule has 1 heterocycles. The van der Waals surface area contributed by atoms with Gasteiger partial charge in [0.05, 0.1) is 13.0 Å². The van der Waals surface area contributed by atoms with Crippen molar-refractivity contribution in [2.24, 2.45) is 5.73 Å². The highest BCUT2D eigenvalue weighted by Crippen LogP contribution is 2.11. The average molecular weight is 202 g/mol. The van der Waals surface area contributed by atoms with Crippen LogP contribution in [-0.4, -0.2) is 47.2 Å². The van der Waals surface area contributed by atoms with Gasteiger partial charge in [-0.15, -0.1) is 0 Å². The van der Waals surface area contributed by atoms with Crippen LogP contribution in [0.15, 0.2) is 0 Å². The number of hydrogen-bond donors (Lipinski definition) is 2. The van der Waals surface area contributed by atoms with Crippen molar-refractivity contribution in [2.75, 3.05) is 13.2 Å². The summed E-state index contributed by atoms with van der Waals surface area (Å²) in [5, 5.41) is 9.00. The summed E-state index contributed by atoms with van der Waals surface area (Å²) >= 11 is 0. The smallest absolute Gasteiger partial charge is 0.404 e. The number of hydrogen-bond acceptors (Lipinski definition) is 5. The Balaban J connectivity index is 2.41. The number of amides is 3. The number of nitrogens with zero attached hydrogens (tertiary/aromatic N) is 1. The molecule has 1 fully saturated rings. The zero-order chi connectivity index (χ0) is 10.7. The third-order valence-corrected chi connectivity index (χ3v) is 1.78. The standard InChI is InChI=1S/C7H10N2O5/c8-7(13)14-2-1-9-5(11)3-4(10)6(9)12/h4,10H,1-3H2,(H2,8,13). The zero-order valence-corrected chi connectivity index (χ0v) is 7.30. The Morgan fingerprint density at radius 1 is 1.64 bits per heavy atom. The topological polar surface area (TPSA) is 110 Å². The van der Waals surface area contributed by atoms with Gasteiger partial charge in [-0.3, -0.25) is 14.5 Å². The molecule has 3 amide bonds. The van der Waals surface area contributed by atoms with Crippen molar-refractivity contribution in [1.29, 1.82) is 0 Å². The minimum absolute atomic E-state index is 0.0718. The first-order valence-electron chi connectivity index (χ1n) is 3.97. The molecular weight excluding hydrogens is 192 g/mol. The second-order valence-corrected chi connectivity index (χ2v) is 2.77. The maximum atomic E-state index is 11.1. The SMILES string of the molecule is NC(=O)OCCN1C(=O)CC(O)C1=O. The van der Waals surface area contributed by atoms with Crippen LogP contribution in [0.2, 0.25) is 0 Å². The molecule has 1 aliphatic heterocycles. The Bertz CT molecular complexity index is 277. The van der Waals surface area contributed by atoms with Crippen LogP contribution < -0.4 is 5.73 Å². The Morgan fingerprint density at radius 2 is 2.29 bits per heavy atom. The third-order valence-electron chi connectivity index (χ3n) is 1.78. The summed E-state index contributed by atoms with van der Waals surface area (Å²) < 4.78 is 4.35. The summed E-state index contributed by atoms with van der Waals surface area (Å²) in [6.07, 6.45) is -2.45. The van der Waals surface area contributed by atoms with E-state index in [1.807, 2.05) is 0 Å². The number of carbonyl (C=O) groups is 3. The van der Waals surface area contributed by atoms with Gasteiger partial charge in [0.25, 0.3) is 5.91 Å². The predicted molar refractivity (Wildman–Crippen MR) is 42.9 cm³/mol. The monoisotopic (exact) mass is 202 g/mol. The number of imide groups is 1. The van der Waals surface area contributed by atoms with E-state index in [0.29, 0.717) is 0 Å². The van der Waals surface area contributed by atoms with Crippen molar-refractivity contribution in [3.8, 4) is 0 Å². The molecule has 3 N–H and O–H groups in total. The van der Waals surface area contributed by atoms with E-state index in [-0.39, 0.29) is 19.6 Å². The highest BCUT2D eigenvalue weighted by Gasteiger charge is 2.36. The second-order valence-electron chi connectivity index (χ2n) is 2.77. The molecule has 78 valence electrons. The minimum atomic E-state index is -1.27. The molecule has 0 aromatic heterocycles. The van der Waals surface area contributed by atoms with Crippen molar-refractivity contribution in [3.05, 3.63) is 0 Å². The number of nitrogens with two attached hydrogens (primary N) is 1. The lowest BCUT2D eigenvalue weighted by molar-refractivity contribution is -0.141. The van der Waals surface area contributed by atoms with Gasteiger partial charge in [-0.2, -0.15) is 0 Å². The van der Waals surface area contributed by atoms with E-state index in [2.05, 4.69) is 10.5 Å². The molecule has 1 saturated heterocycles. The molecule has 0 saturated carbocycles. The largest absolute Gasteiger partial charge is 0.448 e. The van der Waals surface area contributed by atoms with Gasteiger partial charge in [-0.1, -0.05) is 0 Å². The molecule has 0 aromatic carbocycles. The van der Waals surface area contributed by atoms with Crippen LogP contribution in [0.4, 0.5) is 4.79 Å². The highest BCUT2D eigenvalue weighted by atomic mass is 16.5. The lowest BCUT2D eigenvalue weighted by atomic mass is 10.3. The molecule has 0 aliphatic carbocycles. The lowest BCUT2D eigenvalue weighted by Gasteiger charge is -2.12. The fourth-order valence-electron chi connectivity index (χ4n) is 1.14. The van der Waals surface area contributed by atoms with Crippen LogP contribution in [0.1, 0.15) is 6.42 Å². The minimum Gasteiger partial charge on any atom is -0.448 e. The summed E-state index contributed by atoms with van der Waals surface area (Å²) in [7, 11) is 0. The first-order valence-corrected chi connectivity index (χ1v) is 3.97. The normalized spacial score (nSPS) is 21.5. The Labute approximate surface area is 79.4 Å². The van der Waals surface area contributed by atoms with Gasteiger partial charge in [0.15, 0.2) is 0 Å². The number of primary amides is 1. The Hall–Kier alpha value is -1.63. The number of carbonyl (C=O) groups excluding carboxylic acids is 3. The summed E-state index contributed by atoms with van der Waals surface area (Å²) in [6, 6.07) is 0. The zero-order valence-electron chi connectivity index (χ0n) is 7.30. The summed E-state index contributed by atoms with van der Waals surface area (Å²) in [4.78, 5) is 33.1. The predicted octanol–water partition coefficient (Wildman–Crippen LogP) is -1.80. The fraction of sp³-hybridized carbons (Fsp3) is 0.571. The number of aliphatic hydroxyl groups excluding tert-OH is 1. The van der Waals surface area contributed by atoms with Gasteiger partial charge in [0.1, 0.15) is 12.7 Å². The molecule has 0 aromatic rings. The van der Waals surface area contributed by atoms with Gasteiger partial charge in [0.2, 0.25) is 5.91 Å². The number of likely N-dealkylation sites (tertiary alicyclic amines) is 1. The second kappa shape index (κ2) is 4.05. The molecular formula is C7H10N2O5. The van der Waals surface area contributed by atoms with Crippen LogP contribution in [0.5, 0.6) is 0 Å². The quantitative estimate of drug-likeness (QED) is 0.525. The van der Waals surface area contributed by atoms with E-state index in [0.717, 1.165) is 4.90 Å². The number of rotatable bonds is 3. The van der Waals surface area contributed by atoms with E-state index in [4.69, 9.17) is 5.11 Å². The van der Waals surface area contributed by atoms with E-state index in [9.17, 15) is 14.4 Å². The Morgan fingerprint density at radius 3 is 2.71 bits per heavy atom. The first kappa shape index (κ1) is 10.5. The molecule has 7 heteroatoms. The van der Waals surface area contributed by atoms with Crippen LogP contribution in [0, 0.1) is 0 Å². The number of ether oxygens (including phenoxy) is 1. The van der Waals surface area contributed by atoms with Crippen molar-refractivity contribution in [2.45, 2.75) is 12.5 Å². The summed E-state index contributed by atoms with van der Waals surface area (Å²) in [6.45, 7) is -0.225. The van der Waals surface area contributed by atoms with Gasteiger partial charge in [-0.05, 0) is 0 Å².